The summed E-state index contributed by atoms with van der Waals surface area (Å²) >= 11 is 0. The number of nitrogens with one attached hydrogen (secondary N) is 2. The summed E-state index contributed by atoms with van der Waals surface area (Å²) in [5, 5.41) is 20.5. The highest BCUT2D eigenvalue weighted by Crippen LogP contribution is 2.14. The Balaban J connectivity index is 2.01. The standard InChI is InChI=1S/C13H16N6O/c14-3-1-5-19(6-2-4-15)13(20)11-7-10-12(8-16-11)18-9-17-10/h9,11,16H,1-2,5-8H2,(H,17,18). The highest BCUT2D eigenvalue weighted by Gasteiger charge is 2.28. The summed E-state index contributed by atoms with van der Waals surface area (Å²) in [5.74, 6) is -0.0656. The summed E-state index contributed by atoms with van der Waals surface area (Å²) in [6.45, 7) is 1.31. The smallest absolute Gasteiger partial charge is 0.240 e. The molecule has 1 aliphatic heterocycles. The number of hydrogen-bond donors (Lipinski definition) is 2. The van der Waals surface area contributed by atoms with Crippen LogP contribution in [0.1, 0.15) is 24.2 Å². The molecule has 1 unspecified atom stereocenters. The van der Waals surface area contributed by atoms with Crippen molar-refractivity contribution in [2.45, 2.75) is 31.8 Å². The Kier molecular flexibility index (Phi) is 4.70. The van der Waals surface area contributed by atoms with Crippen LogP contribution in [0, 0.1) is 22.7 Å². The number of aromatic amines is 1. The van der Waals surface area contributed by atoms with Gasteiger partial charge >= 0.3 is 0 Å². The number of nitrogens with zero attached hydrogens (tertiary/aromatic N) is 4. The molecule has 2 rings (SSSR count). The molecule has 1 aromatic rings. The summed E-state index contributed by atoms with van der Waals surface area (Å²) in [6.07, 6.45) is 2.71. The van der Waals surface area contributed by atoms with Gasteiger partial charge in [0.1, 0.15) is 0 Å². The maximum atomic E-state index is 12.4. The zero-order valence-electron chi connectivity index (χ0n) is 11.1. The summed E-state index contributed by atoms with van der Waals surface area (Å²) in [6, 6.07) is 3.73. The van der Waals surface area contributed by atoms with E-state index >= 15 is 0 Å². The lowest BCUT2D eigenvalue weighted by molar-refractivity contribution is -0.133. The van der Waals surface area contributed by atoms with Crippen molar-refractivity contribution in [3.63, 3.8) is 0 Å². The Morgan fingerprint density at radius 2 is 2.10 bits per heavy atom. The second-order valence-electron chi connectivity index (χ2n) is 4.61. The van der Waals surface area contributed by atoms with Crippen LogP contribution in [0.15, 0.2) is 6.33 Å². The van der Waals surface area contributed by atoms with Gasteiger partial charge in [-0.3, -0.25) is 10.1 Å². The minimum atomic E-state index is -0.330. The lowest BCUT2D eigenvalue weighted by Gasteiger charge is -2.28. The van der Waals surface area contributed by atoms with Crippen LogP contribution >= 0.6 is 0 Å². The maximum Gasteiger partial charge on any atom is 0.240 e. The van der Waals surface area contributed by atoms with E-state index in [2.05, 4.69) is 15.3 Å². The normalized spacial score (nSPS) is 16.8. The third kappa shape index (κ3) is 3.14. The lowest BCUT2D eigenvalue weighted by Crippen LogP contribution is -2.50. The fraction of sp³-hybridized carbons (Fsp3) is 0.538. The van der Waals surface area contributed by atoms with Crippen molar-refractivity contribution in [1.82, 2.24) is 20.2 Å². The highest BCUT2D eigenvalue weighted by molar-refractivity contribution is 5.82. The van der Waals surface area contributed by atoms with Gasteiger partial charge in [0.25, 0.3) is 0 Å². The van der Waals surface area contributed by atoms with Gasteiger partial charge in [0.2, 0.25) is 5.91 Å². The molecular weight excluding hydrogens is 256 g/mol. The van der Waals surface area contributed by atoms with Gasteiger partial charge < -0.3 is 9.88 Å². The van der Waals surface area contributed by atoms with Gasteiger partial charge in [-0.05, 0) is 0 Å². The molecule has 7 heteroatoms. The molecule has 0 saturated carbocycles. The van der Waals surface area contributed by atoms with Crippen molar-refractivity contribution in [1.29, 1.82) is 10.5 Å². The van der Waals surface area contributed by atoms with Gasteiger partial charge in [-0.2, -0.15) is 10.5 Å². The third-order valence-corrected chi connectivity index (χ3v) is 3.33. The fourth-order valence-corrected chi connectivity index (χ4v) is 2.27. The number of carbonyl (C=O) groups is 1. The third-order valence-electron chi connectivity index (χ3n) is 3.33. The first kappa shape index (κ1) is 14.0. The number of fused-ring (bicyclic) bond motifs is 1. The maximum absolute atomic E-state index is 12.4. The van der Waals surface area contributed by atoms with E-state index in [1.165, 1.54) is 0 Å². The molecular formula is C13H16N6O. The molecule has 7 nitrogen and oxygen atoms in total. The van der Waals surface area contributed by atoms with E-state index in [-0.39, 0.29) is 24.8 Å². The number of hydrogen-bond acceptors (Lipinski definition) is 5. The van der Waals surface area contributed by atoms with Crippen LogP contribution < -0.4 is 5.32 Å². The minimum Gasteiger partial charge on any atom is -0.347 e. The Hall–Kier alpha value is -2.38. The molecule has 1 aliphatic rings. The van der Waals surface area contributed by atoms with Crippen molar-refractivity contribution >= 4 is 5.91 Å². The molecule has 0 radical (unpaired) electrons. The van der Waals surface area contributed by atoms with Crippen LogP contribution in [-0.4, -0.2) is 39.9 Å². The Morgan fingerprint density at radius 3 is 2.75 bits per heavy atom. The topological polar surface area (TPSA) is 109 Å². The molecule has 0 fully saturated rings. The van der Waals surface area contributed by atoms with Gasteiger partial charge in [0, 0.05) is 26.1 Å². The average molecular weight is 272 g/mol. The van der Waals surface area contributed by atoms with E-state index in [4.69, 9.17) is 10.5 Å². The van der Waals surface area contributed by atoms with Crippen LogP contribution in [0.3, 0.4) is 0 Å². The number of carbonyl (C=O) groups excluding carboxylic acids is 1. The number of imidazole rings is 1. The Bertz CT molecular complexity index is 534. The van der Waals surface area contributed by atoms with Gasteiger partial charge in [-0.25, -0.2) is 4.98 Å². The SMILES string of the molecule is N#CCCN(CCC#N)C(=O)C1Cc2nc[nH]c2CN1. The van der Waals surface area contributed by atoms with E-state index in [9.17, 15) is 4.79 Å². The molecule has 0 bridgehead atoms. The summed E-state index contributed by atoms with van der Waals surface area (Å²) in [5.41, 5.74) is 1.91. The van der Waals surface area contributed by atoms with Gasteiger partial charge in [-0.15, -0.1) is 0 Å². The van der Waals surface area contributed by atoms with Crippen molar-refractivity contribution in [2.24, 2.45) is 0 Å². The van der Waals surface area contributed by atoms with Crippen LogP contribution in [0.4, 0.5) is 0 Å². The number of amides is 1. The fourth-order valence-electron chi connectivity index (χ4n) is 2.27. The monoisotopic (exact) mass is 272 g/mol. The number of H-pyrrole nitrogens is 1. The van der Waals surface area contributed by atoms with Crippen molar-refractivity contribution in [3.05, 3.63) is 17.7 Å². The van der Waals surface area contributed by atoms with Crippen molar-refractivity contribution < 1.29 is 4.79 Å². The lowest BCUT2D eigenvalue weighted by atomic mass is 10.0. The molecule has 1 aromatic heterocycles. The van der Waals surface area contributed by atoms with Crippen molar-refractivity contribution in [3.8, 4) is 12.1 Å². The quantitative estimate of drug-likeness (QED) is 0.789. The Morgan fingerprint density at radius 1 is 1.40 bits per heavy atom. The summed E-state index contributed by atoms with van der Waals surface area (Å²) < 4.78 is 0. The summed E-state index contributed by atoms with van der Waals surface area (Å²) in [7, 11) is 0. The van der Waals surface area contributed by atoms with Crippen molar-refractivity contribution in [2.75, 3.05) is 13.1 Å². The second-order valence-corrected chi connectivity index (χ2v) is 4.61. The molecule has 2 heterocycles. The Labute approximate surface area is 117 Å². The van der Waals surface area contributed by atoms with Crippen LogP contribution in [0.2, 0.25) is 0 Å². The molecule has 0 aromatic carbocycles. The molecule has 0 aliphatic carbocycles. The van der Waals surface area contributed by atoms with Crippen LogP contribution in [0.5, 0.6) is 0 Å². The molecule has 0 spiro atoms. The van der Waals surface area contributed by atoms with Crippen LogP contribution in [0.25, 0.3) is 0 Å². The van der Waals surface area contributed by atoms with E-state index in [1.807, 2.05) is 12.1 Å². The second kappa shape index (κ2) is 6.69. The minimum absolute atomic E-state index is 0.0656. The first-order valence-electron chi connectivity index (χ1n) is 6.53. The summed E-state index contributed by atoms with van der Waals surface area (Å²) in [4.78, 5) is 21.3. The largest absolute Gasteiger partial charge is 0.347 e. The van der Waals surface area contributed by atoms with Gasteiger partial charge in [-0.1, -0.05) is 0 Å². The number of rotatable bonds is 5. The first-order valence-corrected chi connectivity index (χ1v) is 6.53. The molecule has 1 amide bonds. The first-order chi connectivity index (χ1) is 9.76. The number of aromatic nitrogens is 2. The van der Waals surface area contributed by atoms with E-state index in [1.54, 1.807) is 11.2 Å². The highest BCUT2D eigenvalue weighted by atomic mass is 16.2. The van der Waals surface area contributed by atoms with Crippen LogP contribution in [-0.2, 0) is 17.8 Å². The predicted molar refractivity (Wildman–Crippen MR) is 70.0 cm³/mol. The van der Waals surface area contributed by atoms with Gasteiger partial charge in [0.15, 0.2) is 0 Å². The zero-order valence-corrected chi connectivity index (χ0v) is 11.1. The average Bonchev–Trinajstić information content (AvgIpc) is 2.94. The molecule has 0 saturated heterocycles. The van der Waals surface area contributed by atoms with Gasteiger partial charge in [0.05, 0.1) is 48.7 Å². The molecule has 2 N–H and O–H groups in total. The van der Waals surface area contributed by atoms with E-state index in [0.29, 0.717) is 26.1 Å². The van der Waals surface area contributed by atoms with E-state index < -0.39 is 0 Å². The molecule has 1 atom stereocenters. The number of nitriles is 2. The zero-order chi connectivity index (χ0) is 14.4. The predicted octanol–water partition coefficient (Wildman–Crippen LogP) is 0.0800. The van der Waals surface area contributed by atoms with E-state index in [0.717, 1.165) is 11.4 Å². The molecule has 20 heavy (non-hydrogen) atoms. The molecule has 104 valence electrons.